The zero-order valence-electron chi connectivity index (χ0n) is 22.7. The number of carbonyl (C=O) groups excluding carboxylic acids is 1. The van der Waals surface area contributed by atoms with Crippen LogP contribution in [0, 0.1) is 6.92 Å². The molecule has 0 spiro atoms. The lowest BCUT2D eigenvalue weighted by atomic mass is 10.3. The highest BCUT2D eigenvalue weighted by molar-refractivity contribution is 7.52. The Kier molecular flexibility index (Phi) is 11.7. The molecule has 1 aliphatic heterocycles. The maximum Gasteiger partial charge on any atom is 0.459 e. The third-order valence-corrected chi connectivity index (χ3v) is 7.16. The van der Waals surface area contributed by atoms with E-state index in [1.165, 1.54) is 36.9 Å². The number of methoxy groups -OCH3 is 2. The van der Waals surface area contributed by atoms with Crippen molar-refractivity contribution < 1.29 is 42.1 Å². The maximum atomic E-state index is 13.6. The van der Waals surface area contributed by atoms with Crippen LogP contribution < -0.4 is 25.6 Å². The number of aromatic amines is 1. The Balaban J connectivity index is 1.62. The lowest BCUT2D eigenvalue weighted by molar-refractivity contribution is -0.142. The van der Waals surface area contributed by atoms with Crippen molar-refractivity contribution in [2.24, 2.45) is 0 Å². The molecule has 0 aliphatic carbocycles. The minimum absolute atomic E-state index is 0.188. The second kappa shape index (κ2) is 14.9. The molecule has 3 rings (SSSR count). The maximum absolute atomic E-state index is 13.6. The quantitative estimate of drug-likeness (QED) is 0.127. The van der Waals surface area contributed by atoms with E-state index in [9.17, 15) is 18.9 Å². The molecule has 2 unspecified atom stereocenters. The third kappa shape index (κ3) is 9.15. The van der Waals surface area contributed by atoms with Gasteiger partial charge in [-0.05, 0) is 44.2 Å². The highest BCUT2D eigenvalue weighted by Gasteiger charge is 2.34. The number of aromatic nitrogens is 2. The van der Waals surface area contributed by atoms with Crippen molar-refractivity contribution in [1.82, 2.24) is 14.6 Å². The second-order valence-electron chi connectivity index (χ2n) is 8.61. The first kappa shape index (κ1) is 31.3. The van der Waals surface area contributed by atoms with Crippen LogP contribution in [0.4, 0.5) is 0 Å². The number of rotatable bonds is 16. The SMILES string of the molecule is COCCOCCOc1ccc(OP(=O)(NC(C)C(=O)OC)OC[C@@H]2C=C[C@H](n3cc(C)c(=O)[nH]c3=O)O2)cc1. The van der Waals surface area contributed by atoms with Crippen LogP contribution >= 0.6 is 7.75 Å². The predicted octanol–water partition coefficient (Wildman–Crippen LogP) is 1.70. The van der Waals surface area contributed by atoms with Gasteiger partial charge >= 0.3 is 19.4 Å². The van der Waals surface area contributed by atoms with Crippen molar-refractivity contribution in [2.45, 2.75) is 32.2 Å². The van der Waals surface area contributed by atoms with E-state index in [2.05, 4.69) is 10.1 Å². The predicted molar refractivity (Wildman–Crippen MR) is 143 cm³/mol. The minimum Gasteiger partial charge on any atom is -0.491 e. The minimum atomic E-state index is -4.14. The fourth-order valence-electron chi connectivity index (χ4n) is 3.44. The first-order valence-corrected chi connectivity index (χ1v) is 13.9. The molecule has 0 fully saturated rings. The second-order valence-corrected chi connectivity index (χ2v) is 10.3. The molecule has 4 atom stereocenters. The molecule has 1 aromatic carbocycles. The number of nitrogens with zero attached hydrogens (tertiary/aromatic N) is 1. The molecule has 15 heteroatoms. The van der Waals surface area contributed by atoms with E-state index in [0.29, 0.717) is 37.7 Å². The molecule has 220 valence electrons. The number of benzene rings is 1. The van der Waals surface area contributed by atoms with Gasteiger partial charge < -0.3 is 28.2 Å². The number of aryl methyl sites for hydroxylation is 1. The summed E-state index contributed by atoms with van der Waals surface area (Å²) in [6.45, 7) is 4.44. The monoisotopic (exact) mass is 583 g/mol. The molecule has 2 aromatic rings. The molecule has 2 N–H and O–H groups in total. The van der Waals surface area contributed by atoms with E-state index in [0.717, 1.165) is 0 Å². The molecule has 0 amide bonds. The molecule has 14 nitrogen and oxygen atoms in total. The van der Waals surface area contributed by atoms with E-state index in [1.807, 2.05) is 0 Å². The van der Waals surface area contributed by atoms with Crippen molar-refractivity contribution in [3.8, 4) is 11.5 Å². The number of esters is 1. The van der Waals surface area contributed by atoms with Gasteiger partial charge in [0.15, 0.2) is 6.23 Å². The highest BCUT2D eigenvalue weighted by Crippen LogP contribution is 2.45. The normalized spacial score (nSPS) is 18.7. The van der Waals surface area contributed by atoms with Crippen molar-refractivity contribution in [3.05, 3.63) is 69.0 Å². The highest BCUT2D eigenvalue weighted by atomic mass is 31.2. The number of hydrogen-bond acceptors (Lipinski definition) is 11. The summed E-state index contributed by atoms with van der Waals surface area (Å²) >= 11 is 0. The Morgan fingerprint density at radius 2 is 1.80 bits per heavy atom. The Hall–Kier alpha value is -3.26. The van der Waals surface area contributed by atoms with Crippen LogP contribution in [0.15, 0.2) is 52.2 Å². The van der Waals surface area contributed by atoms with Crippen molar-refractivity contribution in [3.63, 3.8) is 0 Å². The van der Waals surface area contributed by atoms with E-state index >= 15 is 0 Å². The van der Waals surface area contributed by atoms with Gasteiger partial charge in [-0.3, -0.25) is 23.7 Å². The lowest BCUT2D eigenvalue weighted by Crippen LogP contribution is -2.35. The summed E-state index contributed by atoms with van der Waals surface area (Å²) < 4.78 is 52.5. The van der Waals surface area contributed by atoms with Gasteiger partial charge in [-0.1, -0.05) is 6.08 Å². The van der Waals surface area contributed by atoms with Crippen molar-refractivity contribution >= 4 is 13.7 Å². The molecule has 0 saturated heterocycles. The summed E-state index contributed by atoms with van der Waals surface area (Å²) in [5.41, 5.74) is -0.791. The molecule has 0 bridgehead atoms. The average molecular weight is 584 g/mol. The third-order valence-electron chi connectivity index (χ3n) is 5.52. The summed E-state index contributed by atoms with van der Waals surface area (Å²) in [5.74, 6) is 0.0546. The van der Waals surface area contributed by atoms with Crippen LogP contribution in [-0.4, -0.2) is 74.9 Å². The van der Waals surface area contributed by atoms with Gasteiger partial charge in [-0.15, -0.1) is 0 Å². The van der Waals surface area contributed by atoms with E-state index in [1.54, 1.807) is 38.3 Å². The fourth-order valence-corrected chi connectivity index (χ4v) is 4.95. The van der Waals surface area contributed by atoms with E-state index < -0.39 is 43.3 Å². The van der Waals surface area contributed by atoms with Gasteiger partial charge in [-0.25, -0.2) is 9.36 Å². The number of ether oxygens (including phenoxy) is 5. The van der Waals surface area contributed by atoms with E-state index in [-0.39, 0.29) is 12.4 Å². The van der Waals surface area contributed by atoms with Crippen LogP contribution in [0.1, 0.15) is 18.7 Å². The molecule has 2 heterocycles. The standard InChI is InChI=1S/C25H34N3O11P/c1-17-15-28(25(31)26-23(17)29)22-10-9-21(38-22)16-37-40(32,27-18(2)24(30)34-4)39-20-7-5-19(6-8-20)36-14-13-35-12-11-33-3/h5-10,15,18,21-22H,11-14,16H2,1-4H3,(H,27,32)(H,26,29,31)/t18?,21-,22+,40?/m0/s1. The van der Waals surface area contributed by atoms with Crippen LogP contribution in [0.3, 0.4) is 0 Å². The molecule has 0 radical (unpaired) electrons. The van der Waals surface area contributed by atoms with Gasteiger partial charge in [0.2, 0.25) is 0 Å². The molecule has 1 aliphatic rings. The van der Waals surface area contributed by atoms with Crippen LogP contribution in [0.25, 0.3) is 0 Å². The Morgan fingerprint density at radius 3 is 2.50 bits per heavy atom. The van der Waals surface area contributed by atoms with Crippen molar-refractivity contribution in [1.29, 1.82) is 0 Å². The Labute approximate surface area is 230 Å². The van der Waals surface area contributed by atoms with Crippen LogP contribution in [0.5, 0.6) is 11.5 Å². The molecule has 1 aromatic heterocycles. The zero-order chi connectivity index (χ0) is 29.1. The molecule has 40 heavy (non-hydrogen) atoms. The van der Waals surface area contributed by atoms with Gasteiger partial charge in [-0.2, -0.15) is 5.09 Å². The number of H-pyrrole nitrogens is 1. The largest absolute Gasteiger partial charge is 0.491 e. The van der Waals surface area contributed by atoms with Crippen molar-refractivity contribution in [2.75, 3.05) is 47.3 Å². The Morgan fingerprint density at radius 1 is 1.10 bits per heavy atom. The lowest BCUT2D eigenvalue weighted by Gasteiger charge is -2.24. The molecule has 0 saturated carbocycles. The zero-order valence-corrected chi connectivity index (χ0v) is 23.6. The smallest absolute Gasteiger partial charge is 0.459 e. The van der Waals surface area contributed by atoms with E-state index in [4.69, 9.17) is 32.7 Å². The number of hydrogen-bond donors (Lipinski definition) is 2. The summed E-state index contributed by atoms with van der Waals surface area (Å²) in [5, 5.41) is 2.56. The first-order chi connectivity index (χ1) is 19.1. The summed E-state index contributed by atoms with van der Waals surface area (Å²) in [7, 11) is -1.35. The Bertz CT molecular complexity index is 1310. The first-order valence-electron chi connectivity index (χ1n) is 12.4. The van der Waals surface area contributed by atoms with Gasteiger partial charge in [0, 0.05) is 18.9 Å². The van der Waals surface area contributed by atoms with Gasteiger partial charge in [0.25, 0.3) is 5.56 Å². The topological polar surface area (TPSA) is 166 Å². The number of nitrogens with one attached hydrogen (secondary N) is 2. The van der Waals surface area contributed by atoms with Gasteiger partial charge in [0.1, 0.15) is 30.3 Å². The summed E-state index contributed by atoms with van der Waals surface area (Å²) in [4.78, 5) is 38.0. The van der Waals surface area contributed by atoms with Gasteiger partial charge in [0.05, 0.1) is 33.5 Å². The summed E-state index contributed by atoms with van der Waals surface area (Å²) in [6, 6.07) is 5.29. The average Bonchev–Trinajstić information content (AvgIpc) is 3.41. The van der Waals surface area contributed by atoms with Crippen LogP contribution in [-0.2, 0) is 32.8 Å². The summed E-state index contributed by atoms with van der Waals surface area (Å²) in [6.07, 6.45) is 3.09. The molecular weight excluding hydrogens is 549 g/mol. The fraction of sp³-hybridized carbons (Fsp3) is 0.480. The number of carbonyl (C=O) groups is 1. The van der Waals surface area contributed by atoms with Crippen LogP contribution in [0.2, 0.25) is 0 Å². The molecular formula is C25H34N3O11P.